The summed E-state index contributed by atoms with van der Waals surface area (Å²) >= 11 is 0. The van der Waals surface area contributed by atoms with E-state index in [-0.39, 0.29) is 0 Å². The van der Waals surface area contributed by atoms with Crippen LogP contribution in [0.3, 0.4) is 0 Å². The summed E-state index contributed by atoms with van der Waals surface area (Å²) in [7, 11) is 1.71. The zero-order valence-electron chi connectivity index (χ0n) is 15.2. The minimum atomic E-state index is 0.863. The average molecular weight is 337 g/mol. The third-order valence-corrected chi connectivity index (χ3v) is 4.51. The molecule has 0 amide bonds. The van der Waals surface area contributed by atoms with Gasteiger partial charge in [0.15, 0.2) is 0 Å². The summed E-state index contributed by atoms with van der Waals surface area (Å²) < 4.78 is 7.49. The van der Waals surface area contributed by atoms with Gasteiger partial charge in [0.25, 0.3) is 0 Å². The lowest BCUT2D eigenvalue weighted by Crippen LogP contribution is -2.18. The van der Waals surface area contributed by atoms with Gasteiger partial charge in [-0.15, -0.1) is 0 Å². The lowest BCUT2D eigenvalue weighted by Gasteiger charge is -2.24. The molecule has 0 N–H and O–H groups in total. The van der Waals surface area contributed by atoms with Crippen LogP contribution < -0.4 is 9.64 Å². The van der Waals surface area contributed by atoms with E-state index in [2.05, 4.69) is 64.4 Å². The fourth-order valence-corrected chi connectivity index (χ4v) is 3.09. The maximum absolute atomic E-state index is 5.43. The molecule has 0 fully saturated rings. The van der Waals surface area contributed by atoms with E-state index in [0.717, 1.165) is 30.1 Å². The second-order valence-electron chi connectivity index (χ2n) is 6.36. The van der Waals surface area contributed by atoms with E-state index in [4.69, 9.17) is 4.74 Å². The van der Waals surface area contributed by atoms with Gasteiger partial charge in [-0.25, -0.2) is 0 Å². The van der Waals surface area contributed by atoms with Crippen molar-refractivity contribution in [3.8, 4) is 16.9 Å². The second kappa shape index (κ2) is 8.56. The molecule has 0 saturated carbocycles. The average Bonchev–Trinajstić information content (AvgIpc) is 3.14. The lowest BCUT2D eigenvalue weighted by atomic mass is 10.1. The number of ether oxygens (including phenoxy) is 1. The van der Waals surface area contributed by atoms with Gasteiger partial charge in [-0.3, -0.25) is 4.68 Å². The number of rotatable bonds is 8. The molecule has 1 aromatic heterocycles. The number of anilines is 1. The Hall–Kier alpha value is -2.49. The first-order chi connectivity index (χ1) is 12.3. The molecule has 0 spiro atoms. The summed E-state index contributed by atoms with van der Waals surface area (Å²) in [5, 5.41) is 4.55. The van der Waals surface area contributed by atoms with Crippen LogP contribution >= 0.6 is 0 Å². The number of benzene rings is 1. The van der Waals surface area contributed by atoms with Crippen LogP contribution in [0.1, 0.15) is 32.6 Å². The maximum Gasteiger partial charge on any atom is 0.120 e. The van der Waals surface area contributed by atoms with Gasteiger partial charge in [0, 0.05) is 42.7 Å². The standard InChI is InChI=1S/C21H27N3O/c1-3-4-5-9-14-24-17-18(16-22-24)20-11-10-19(25-2)15-21(20)23-12-7-6-8-13-23/h6-8,10-12,15-17H,3-5,9,13-14H2,1-2H3. The molecular weight excluding hydrogens is 310 g/mol. The number of aryl methyl sites for hydroxylation is 1. The van der Waals surface area contributed by atoms with Gasteiger partial charge in [0.1, 0.15) is 5.75 Å². The zero-order chi connectivity index (χ0) is 17.5. The molecule has 1 aliphatic rings. The van der Waals surface area contributed by atoms with Gasteiger partial charge < -0.3 is 9.64 Å². The van der Waals surface area contributed by atoms with Crippen molar-refractivity contribution in [3.05, 3.63) is 55.0 Å². The minimum Gasteiger partial charge on any atom is -0.497 e. The highest BCUT2D eigenvalue weighted by atomic mass is 16.5. The smallest absolute Gasteiger partial charge is 0.120 e. The number of methoxy groups -OCH3 is 1. The van der Waals surface area contributed by atoms with E-state index in [0.29, 0.717) is 0 Å². The summed E-state index contributed by atoms with van der Waals surface area (Å²) in [5.41, 5.74) is 3.47. The summed E-state index contributed by atoms with van der Waals surface area (Å²) in [5.74, 6) is 0.869. The summed E-state index contributed by atoms with van der Waals surface area (Å²) in [4.78, 5) is 2.23. The molecule has 0 unspecified atom stereocenters. The molecular formula is C21H27N3O. The van der Waals surface area contributed by atoms with E-state index in [1.54, 1.807) is 7.11 Å². The first-order valence-electron chi connectivity index (χ1n) is 9.12. The molecule has 4 heteroatoms. The van der Waals surface area contributed by atoms with E-state index in [1.165, 1.54) is 31.2 Å². The highest BCUT2D eigenvalue weighted by molar-refractivity contribution is 5.80. The van der Waals surface area contributed by atoms with Crippen molar-refractivity contribution in [1.82, 2.24) is 9.78 Å². The Labute approximate surface area is 150 Å². The van der Waals surface area contributed by atoms with Gasteiger partial charge in [-0.05, 0) is 24.6 Å². The Morgan fingerprint density at radius 3 is 2.84 bits per heavy atom. The molecule has 3 rings (SSSR count). The molecule has 0 aliphatic carbocycles. The van der Waals surface area contributed by atoms with Crippen LogP contribution in [0.5, 0.6) is 5.75 Å². The van der Waals surface area contributed by atoms with Crippen molar-refractivity contribution < 1.29 is 4.74 Å². The molecule has 1 aromatic carbocycles. The Balaban J connectivity index is 1.82. The first kappa shape index (κ1) is 17.3. The number of hydrogen-bond acceptors (Lipinski definition) is 3. The van der Waals surface area contributed by atoms with Crippen molar-refractivity contribution in [2.75, 3.05) is 18.6 Å². The SMILES string of the molecule is CCCCCCn1cc(-c2ccc(OC)cc2N2C=CC=CC2)cn1. The quantitative estimate of drug-likeness (QED) is 0.633. The third kappa shape index (κ3) is 4.32. The van der Waals surface area contributed by atoms with Crippen LogP contribution in [0, 0.1) is 0 Å². The normalized spacial score (nSPS) is 13.4. The second-order valence-corrected chi connectivity index (χ2v) is 6.36. The largest absolute Gasteiger partial charge is 0.497 e. The highest BCUT2D eigenvalue weighted by Crippen LogP contribution is 2.34. The lowest BCUT2D eigenvalue weighted by molar-refractivity contribution is 0.415. The number of aromatic nitrogens is 2. The Morgan fingerprint density at radius 1 is 1.16 bits per heavy atom. The third-order valence-electron chi connectivity index (χ3n) is 4.51. The molecule has 25 heavy (non-hydrogen) atoms. The number of nitrogens with zero attached hydrogens (tertiary/aromatic N) is 3. The van der Waals surface area contributed by atoms with Crippen LogP contribution in [-0.2, 0) is 6.54 Å². The molecule has 1 aliphatic heterocycles. The molecule has 2 heterocycles. The van der Waals surface area contributed by atoms with Crippen LogP contribution in [0.2, 0.25) is 0 Å². The molecule has 0 radical (unpaired) electrons. The first-order valence-corrected chi connectivity index (χ1v) is 9.12. The fourth-order valence-electron chi connectivity index (χ4n) is 3.09. The molecule has 2 aromatic rings. The Morgan fingerprint density at radius 2 is 2.08 bits per heavy atom. The van der Waals surface area contributed by atoms with Crippen molar-refractivity contribution in [3.63, 3.8) is 0 Å². The maximum atomic E-state index is 5.43. The van der Waals surface area contributed by atoms with Gasteiger partial charge in [-0.2, -0.15) is 5.10 Å². The molecule has 4 nitrogen and oxygen atoms in total. The van der Waals surface area contributed by atoms with Gasteiger partial charge in [0.2, 0.25) is 0 Å². The van der Waals surface area contributed by atoms with Gasteiger partial charge in [0.05, 0.1) is 19.0 Å². The van der Waals surface area contributed by atoms with Crippen molar-refractivity contribution in [2.24, 2.45) is 0 Å². The van der Waals surface area contributed by atoms with Crippen LogP contribution in [-0.4, -0.2) is 23.4 Å². The van der Waals surface area contributed by atoms with E-state index >= 15 is 0 Å². The Bertz CT molecular complexity index is 745. The molecule has 0 bridgehead atoms. The Kier molecular flexibility index (Phi) is 5.94. The van der Waals surface area contributed by atoms with Gasteiger partial charge in [-0.1, -0.05) is 38.3 Å². The molecule has 0 atom stereocenters. The zero-order valence-corrected chi connectivity index (χ0v) is 15.2. The fraction of sp³-hybridized carbons (Fsp3) is 0.381. The van der Waals surface area contributed by atoms with Crippen molar-refractivity contribution in [2.45, 2.75) is 39.2 Å². The van der Waals surface area contributed by atoms with Crippen LogP contribution in [0.15, 0.2) is 55.0 Å². The number of unbranched alkanes of at least 4 members (excludes halogenated alkanes) is 3. The van der Waals surface area contributed by atoms with E-state index in [9.17, 15) is 0 Å². The monoisotopic (exact) mass is 337 g/mol. The summed E-state index contributed by atoms with van der Waals surface area (Å²) in [6, 6.07) is 6.23. The molecule has 132 valence electrons. The van der Waals surface area contributed by atoms with E-state index < -0.39 is 0 Å². The van der Waals surface area contributed by atoms with Crippen molar-refractivity contribution >= 4 is 5.69 Å². The predicted molar refractivity (Wildman–Crippen MR) is 104 cm³/mol. The highest BCUT2D eigenvalue weighted by Gasteiger charge is 2.14. The van der Waals surface area contributed by atoms with Crippen molar-refractivity contribution in [1.29, 1.82) is 0 Å². The number of allylic oxidation sites excluding steroid dienone is 2. The molecule has 0 saturated heterocycles. The predicted octanol–water partition coefficient (Wildman–Crippen LogP) is 5.03. The van der Waals surface area contributed by atoms with Gasteiger partial charge >= 0.3 is 0 Å². The summed E-state index contributed by atoms with van der Waals surface area (Å²) in [6.45, 7) is 4.08. The van der Waals surface area contributed by atoms with E-state index in [1.807, 2.05) is 12.3 Å². The minimum absolute atomic E-state index is 0.863. The van der Waals surface area contributed by atoms with Crippen LogP contribution in [0.4, 0.5) is 5.69 Å². The number of hydrogen-bond donors (Lipinski definition) is 0. The summed E-state index contributed by atoms with van der Waals surface area (Å²) in [6.07, 6.45) is 17.5. The van der Waals surface area contributed by atoms with Crippen LogP contribution in [0.25, 0.3) is 11.1 Å². The topological polar surface area (TPSA) is 30.3 Å².